The molecule has 0 aliphatic carbocycles. The van der Waals surface area contributed by atoms with Crippen molar-refractivity contribution in [1.29, 1.82) is 0 Å². The second-order valence-electron chi connectivity index (χ2n) is 5.15. The molecule has 102 valence electrons. The standard InChI is InChI=1S/C16H16N2O2/c1-11(2)12-5-7-13(8-6-12)18-16(19)10-14(17-18)15-4-3-9-20-15/h3-9,11H,10H2,1-2H3. The van der Waals surface area contributed by atoms with Crippen LogP contribution in [0.4, 0.5) is 5.69 Å². The number of hydrazone groups is 1. The average Bonchev–Trinajstić information content (AvgIpc) is 3.08. The van der Waals surface area contributed by atoms with Gasteiger partial charge in [-0.05, 0) is 35.7 Å². The van der Waals surface area contributed by atoms with Crippen molar-refractivity contribution >= 4 is 17.3 Å². The molecule has 0 atom stereocenters. The van der Waals surface area contributed by atoms with E-state index >= 15 is 0 Å². The van der Waals surface area contributed by atoms with Gasteiger partial charge in [0, 0.05) is 0 Å². The highest BCUT2D eigenvalue weighted by Gasteiger charge is 2.27. The summed E-state index contributed by atoms with van der Waals surface area (Å²) < 4.78 is 5.29. The molecule has 0 bridgehead atoms. The molecular formula is C16H16N2O2. The van der Waals surface area contributed by atoms with Gasteiger partial charge in [-0.25, -0.2) is 5.01 Å². The second kappa shape index (κ2) is 4.96. The van der Waals surface area contributed by atoms with Gasteiger partial charge in [0.05, 0.1) is 18.4 Å². The van der Waals surface area contributed by atoms with Gasteiger partial charge in [0.15, 0.2) is 0 Å². The molecule has 3 rings (SSSR count). The molecule has 1 aliphatic rings. The molecule has 1 aromatic carbocycles. The fourth-order valence-corrected chi connectivity index (χ4v) is 2.21. The fraction of sp³-hybridized carbons (Fsp3) is 0.250. The molecule has 0 fully saturated rings. The topological polar surface area (TPSA) is 45.8 Å². The van der Waals surface area contributed by atoms with Gasteiger partial charge in [0.25, 0.3) is 5.91 Å². The van der Waals surface area contributed by atoms with Crippen LogP contribution in [0.25, 0.3) is 0 Å². The van der Waals surface area contributed by atoms with E-state index in [2.05, 4.69) is 18.9 Å². The van der Waals surface area contributed by atoms with Crippen LogP contribution in [0.3, 0.4) is 0 Å². The van der Waals surface area contributed by atoms with E-state index in [0.29, 0.717) is 17.4 Å². The second-order valence-corrected chi connectivity index (χ2v) is 5.15. The third-order valence-corrected chi connectivity index (χ3v) is 3.39. The Morgan fingerprint density at radius 1 is 1.20 bits per heavy atom. The number of furan rings is 1. The predicted octanol–water partition coefficient (Wildman–Crippen LogP) is 3.54. The third kappa shape index (κ3) is 2.25. The molecule has 2 heterocycles. The van der Waals surface area contributed by atoms with Crippen LogP contribution in [0, 0.1) is 0 Å². The summed E-state index contributed by atoms with van der Waals surface area (Å²) in [5.74, 6) is 1.09. The van der Waals surface area contributed by atoms with Crippen LogP contribution in [0.1, 0.15) is 37.5 Å². The Morgan fingerprint density at radius 2 is 1.95 bits per heavy atom. The Kier molecular flexibility index (Phi) is 3.14. The molecule has 0 saturated carbocycles. The van der Waals surface area contributed by atoms with E-state index in [1.807, 2.05) is 30.3 Å². The number of anilines is 1. The highest BCUT2D eigenvalue weighted by atomic mass is 16.3. The van der Waals surface area contributed by atoms with Crippen LogP contribution in [-0.2, 0) is 4.79 Å². The molecule has 20 heavy (non-hydrogen) atoms. The predicted molar refractivity (Wildman–Crippen MR) is 77.9 cm³/mol. The zero-order chi connectivity index (χ0) is 14.1. The van der Waals surface area contributed by atoms with Crippen molar-refractivity contribution in [1.82, 2.24) is 0 Å². The average molecular weight is 268 g/mol. The summed E-state index contributed by atoms with van der Waals surface area (Å²) in [5.41, 5.74) is 2.71. The Bertz CT molecular complexity index is 640. The van der Waals surface area contributed by atoms with Gasteiger partial charge in [-0.15, -0.1) is 0 Å². The molecule has 2 aromatic rings. The summed E-state index contributed by atoms with van der Waals surface area (Å²) in [5, 5.41) is 5.81. The minimum absolute atomic E-state index is 0.0336. The van der Waals surface area contributed by atoms with E-state index in [4.69, 9.17) is 4.42 Å². The van der Waals surface area contributed by atoms with Crippen molar-refractivity contribution in [2.45, 2.75) is 26.2 Å². The van der Waals surface area contributed by atoms with E-state index in [9.17, 15) is 4.79 Å². The van der Waals surface area contributed by atoms with Gasteiger partial charge in [0.2, 0.25) is 0 Å². The summed E-state index contributed by atoms with van der Waals surface area (Å²) >= 11 is 0. The monoisotopic (exact) mass is 268 g/mol. The molecular weight excluding hydrogens is 252 g/mol. The summed E-state index contributed by atoms with van der Waals surface area (Å²) in [6.45, 7) is 4.28. The van der Waals surface area contributed by atoms with Crippen LogP contribution >= 0.6 is 0 Å². The first kappa shape index (κ1) is 12.7. The van der Waals surface area contributed by atoms with Crippen LogP contribution in [0.2, 0.25) is 0 Å². The van der Waals surface area contributed by atoms with Gasteiger partial charge in [-0.2, -0.15) is 5.10 Å². The van der Waals surface area contributed by atoms with Crippen LogP contribution < -0.4 is 5.01 Å². The number of hydrogen-bond acceptors (Lipinski definition) is 3. The molecule has 0 spiro atoms. The fourth-order valence-electron chi connectivity index (χ4n) is 2.21. The van der Waals surface area contributed by atoms with Crippen molar-refractivity contribution < 1.29 is 9.21 Å². The van der Waals surface area contributed by atoms with Crippen LogP contribution in [0.5, 0.6) is 0 Å². The maximum absolute atomic E-state index is 12.1. The lowest BCUT2D eigenvalue weighted by atomic mass is 10.0. The van der Waals surface area contributed by atoms with Gasteiger partial charge in [-0.1, -0.05) is 26.0 Å². The normalized spacial score (nSPS) is 15.1. The smallest absolute Gasteiger partial charge is 0.253 e. The maximum Gasteiger partial charge on any atom is 0.253 e. The first-order valence-electron chi connectivity index (χ1n) is 6.69. The van der Waals surface area contributed by atoms with E-state index < -0.39 is 0 Å². The number of rotatable bonds is 3. The van der Waals surface area contributed by atoms with Gasteiger partial charge >= 0.3 is 0 Å². The van der Waals surface area contributed by atoms with Crippen molar-refractivity contribution in [2.75, 3.05) is 5.01 Å². The van der Waals surface area contributed by atoms with Gasteiger partial charge in [-0.3, -0.25) is 4.79 Å². The number of hydrogen-bond donors (Lipinski definition) is 0. The summed E-state index contributed by atoms with van der Waals surface area (Å²) in [4.78, 5) is 12.1. The number of benzene rings is 1. The van der Waals surface area contributed by atoms with E-state index in [1.54, 1.807) is 12.3 Å². The summed E-state index contributed by atoms with van der Waals surface area (Å²) in [6, 6.07) is 11.5. The molecule has 0 saturated heterocycles. The molecule has 4 heteroatoms. The quantitative estimate of drug-likeness (QED) is 0.854. The number of amides is 1. The molecule has 0 unspecified atom stereocenters. The third-order valence-electron chi connectivity index (χ3n) is 3.39. The number of carbonyl (C=O) groups excluding carboxylic acids is 1. The molecule has 1 aliphatic heterocycles. The van der Waals surface area contributed by atoms with Crippen LogP contribution in [-0.4, -0.2) is 11.6 Å². The Hall–Kier alpha value is -2.36. The molecule has 1 aromatic heterocycles. The van der Waals surface area contributed by atoms with Crippen molar-refractivity contribution in [3.05, 3.63) is 54.0 Å². The molecule has 0 radical (unpaired) electrons. The molecule has 4 nitrogen and oxygen atoms in total. The summed E-state index contributed by atoms with van der Waals surface area (Å²) in [6.07, 6.45) is 1.86. The minimum atomic E-state index is -0.0336. The lowest BCUT2D eigenvalue weighted by molar-refractivity contribution is -0.116. The summed E-state index contributed by atoms with van der Waals surface area (Å²) in [7, 11) is 0. The zero-order valence-corrected chi connectivity index (χ0v) is 11.5. The lowest BCUT2D eigenvalue weighted by Gasteiger charge is -2.13. The minimum Gasteiger partial charge on any atom is -0.463 e. The van der Waals surface area contributed by atoms with Crippen molar-refractivity contribution in [2.24, 2.45) is 5.10 Å². The SMILES string of the molecule is CC(C)c1ccc(N2N=C(c3ccco3)CC2=O)cc1. The Labute approximate surface area is 117 Å². The van der Waals surface area contributed by atoms with Gasteiger partial charge in [0.1, 0.15) is 11.5 Å². The van der Waals surface area contributed by atoms with Gasteiger partial charge < -0.3 is 4.42 Å². The highest BCUT2D eigenvalue weighted by Crippen LogP contribution is 2.25. The Morgan fingerprint density at radius 3 is 2.55 bits per heavy atom. The highest BCUT2D eigenvalue weighted by molar-refractivity contribution is 6.18. The first-order chi connectivity index (χ1) is 9.65. The lowest BCUT2D eigenvalue weighted by Crippen LogP contribution is -2.19. The zero-order valence-electron chi connectivity index (χ0n) is 11.5. The van der Waals surface area contributed by atoms with E-state index in [1.165, 1.54) is 10.6 Å². The largest absolute Gasteiger partial charge is 0.463 e. The molecule has 0 N–H and O–H groups in total. The number of nitrogens with zero attached hydrogens (tertiary/aromatic N) is 2. The number of carbonyl (C=O) groups is 1. The van der Waals surface area contributed by atoms with E-state index in [0.717, 1.165) is 5.69 Å². The molecule has 1 amide bonds. The maximum atomic E-state index is 12.1. The van der Waals surface area contributed by atoms with Crippen LogP contribution in [0.15, 0.2) is 52.2 Å². The van der Waals surface area contributed by atoms with Crippen molar-refractivity contribution in [3.63, 3.8) is 0 Å². The van der Waals surface area contributed by atoms with E-state index in [-0.39, 0.29) is 12.3 Å². The first-order valence-corrected chi connectivity index (χ1v) is 6.69. The van der Waals surface area contributed by atoms with Crippen molar-refractivity contribution in [3.8, 4) is 0 Å². The Balaban J connectivity index is 1.88.